The molecular weight excluding hydrogens is 126 g/mol. The number of H-pyrrole nitrogens is 1. The molecule has 0 radical (unpaired) electrons. The Hall–Kier alpha value is -0.830. The van der Waals surface area contributed by atoms with E-state index < -0.39 is 0 Å². The van der Waals surface area contributed by atoms with E-state index in [1.807, 2.05) is 6.20 Å². The molecule has 0 aliphatic carbocycles. The Morgan fingerprint density at radius 2 is 2.60 bits per heavy atom. The lowest BCUT2D eigenvalue weighted by atomic mass is 10.0. The number of hydrogen-bond acceptors (Lipinski definition) is 2. The average molecular weight is 139 g/mol. The molecule has 10 heavy (non-hydrogen) atoms. The Labute approximate surface area is 60.7 Å². The Kier molecular flexibility index (Phi) is 2.45. The van der Waals surface area contributed by atoms with Crippen molar-refractivity contribution in [2.24, 2.45) is 5.73 Å². The smallest absolute Gasteiger partial charge is 0.0921 e. The molecule has 3 heteroatoms. The van der Waals surface area contributed by atoms with E-state index in [4.69, 9.17) is 5.73 Å². The number of imidazole rings is 1. The third kappa shape index (κ3) is 1.36. The molecule has 56 valence electrons. The van der Waals surface area contributed by atoms with Crippen molar-refractivity contribution in [3.63, 3.8) is 0 Å². The van der Waals surface area contributed by atoms with Gasteiger partial charge in [-0.25, -0.2) is 4.98 Å². The van der Waals surface area contributed by atoms with Crippen molar-refractivity contribution in [1.82, 2.24) is 9.97 Å². The second-order valence-corrected chi connectivity index (χ2v) is 2.35. The normalized spacial score (nSPS) is 13.4. The summed E-state index contributed by atoms with van der Waals surface area (Å²) in [7, 11) is 0. The van der Waals surface area contributed by atoms with Crippen molar-refractivity contribution in [2.45, 2.75) is 19.3 Å². The molecule has 0 saturated heterocycles. The largest absolute Gasteiger partial charge is 0.348 e. The highest BCUT2D eigenvalue weighted by Gasteiger charge is 2.06. The highest BCUT2D eigenvalue weighted by Crippen LogP contribution is 2.13. The molecule has 0 fully saturated rings. The second kappa shape index (κ2) is 3.37. The van der Waals surface area contributed by atoms with Crippen molar-refractivity contribution in [3.8, 4) is 0 Å². The first kappa shape index (κ1) is 7.28. The van der Waals surface area contributed by atoms with Gasteiger partial charge in [0.05, 0.1) is 6.33 Å². The molecule has 1 heterocycles. The van der Waals surface area contributed by atoms with Gasteiger partial charge >= 0.3 is 0 Å². The fourth-order valence-electron chi connectivity index (χ4n) is 1.00. The maximum atomic E-state index is 5.53. The summed E-state index contributed by atoms with van der Waals surface area (Å²) in [5.74, 6) is 0.447. The van der Waals surface area contributed by atoms with Gasteiger partial charge in [-0.2, -0.15) is 0 Å². The van der Waals surface area contributed by atoms with Gasteiger partial charge in [0.1, 0.15) is 0 Å². The lowest BCUT2D eigenvalue weighted by molar-refractivity contribution is 0.658. The zero-order valence-electron chi connectivity index (χ0n) is 6.17. The number of nitrogens with one attached hydrogen (secondary N) is 1. The van der Waals surface area contributed by atoms with Gasteiger partial charge in [0.15, 0.2) is 0 Å². The van der Waals surface area contributed by atoms with Gasteiger partial charge in [-0.05, 0) is 6.42 Å². The molecule has 3 nitrogen and oxygen atoms in total. The predicted molar refractivity (Wildman–Crippen MR) is 40.7 cm³/mol. The van der Waals surface area contributed by atoms with Crippen LogP contribution < -0.4 is 5.73 Å². The van der Waals surface area contributed by atoms with E-state index in [1.54, 1.807) is 6.33 Å². The van der Waals surface area contributed by atoms with Crippen molar-refractivity contribution < 1.29 is 0 Å². The third-order valence-corrected chi connectivity index (χ3v) is 1.74. The first-order valence-corrected chi connectivity index (χ1v) is 3.56. The molecule has 0 aromatic carbocycles. The first-order valence-electron chi connectivity index (χ1n) is 3.56. The summed E-state index contributed by atoms with van der Waals surface area (Å²) < 4.78 is 0. The zero-order chi connectivity index (χ0) is 7.40. The fraction of sp³-hybridized carbons (Fsp3) is 0.571. The predicted octanol–water partition coefficient (Wildman–Crippen LogP) is 0.862. The minimum Gasteiger partial charge on any atom is -0.348 e. The van der Waals surface area contributed by atoms with Crippen LogP contribution in [0.2, 0.25) is 0 Å². The van der Waals surface area contributed by atoms with E-state index in [0.29, 0.717) is 12.5 Å². The van der Waals surface area contributed by atoms with Gasteiger partial charge < -0.3 is 10.7 Å². The summed E-state index contributed by atoms with van der Waals surface area (Å²) >= 11 is 0. The van der Waals surface area contributed by atoms with Crippen LogP contribution in [0.15, 0.2) is 12.5 Å². The lowest BCUT2D eigenvalue weighted by Crippen LogP contribution is -2.11. The Morgan fingerprint density at radius 3 is 3.00 bits per heavy atom. The van der Waals surface area contributed by atoms with Crippen LogP contribution in [0.3, 0.4) is 0 Å². The minimum absolute atomic E-state index is 0.447. The number of hydrogen-bond donors (Lipinski definition) is 2. The molecule has 1 aromatic rings. The van der Waals surface area contributed by atoms with Crippen LogP contribution >= 0.6 is 0 Å². The average Bonchev–Trinajstić information content (AvgIpc) is 2.43. The molecular formula is C7H13N3. The second-order valence-electron chi connectivity index (χ2n) is 2.35. The van der Waals surface area contributed by atoms with Crippen LogP contribution in [0.5, 0.6) is 0 Å². The quantitative estimate of drug-likeness (QED) is 0.652. The van der Waals surface area contributed by atoms with Gasteiger partial charge in [0.25, 0.3) is 0 Å². The Bertz CT molecular complexity index is 165. The van der Waals surface area contributed by atoms with Crippen molar-refractivity contribution in [1.29, 1.82) is 0 Å². The number of rotatable bonds is 3. The molecule has 0 spiro atoms. The van der Waals surface area contributed by atoms with Crippen LogP contribution in [0.25, 0.3) is 0 Å². The molecule has 0 saturated carbocycles. The summed E-state index contributed by atoms with van der Waals surface area (Å²) in [5.41, 5.74) is 6.67. The topological polar surface area (TPSA) is 54.7 Å². The Morgan fingerprint density at radius 1 is 1.80 bits per heavy atom. The number of aromatic nitrogens is 2. The third-order valence-electron chi connectivity index (χ3n) is 1.74. The van der Waals surface area contributed by atoms with Gasteiger partial charge in [0, 0.05) is 24.4 Å². The standard InChI is InChI=1S/C7H13N3/c1-2-6(3-8)7-4-9-5-10-7/h4-6H,2-3,8H2,1H3,(H,9,10). The highest BCUT2D eigenvalue weighted by atomic mass is 14.9. The number of aromatic amines is 1. The van der Waals surface area contributed by atoms with Crippen LogP contribution in [-0.2, 0) is 0 Å². The molecule has 1 unspecified atom stereocenters. The molecule has 0 bridgehead atoms. The summed E-state index contributed by atoms with van der Waals surface area (Å²) in [6.45, 7) is 2.82. The van der Waals surface area contributed by atoms with E-state index in [0.717, 1.165) is 12.1 Å². The maximum absolute atomic E-state index is 5.53. The van der Waals surface area contributed by atoms with Gasteiger partial charge in [-0.3, -0.25) is 0 Å². The molecule has 1 atom stereocenters. The lowest BCUT2D eigenvalue weighted by Gasteiger charge is -2.07. The molecule has 3 N–H and O–H groups in total. The van der Waals surface area contributed by atoms with E-state index >= 15 is 0 Å². The van der Waals surface area contributed by atoms with Crippen molar-refractivity contribution in [2.75, 3.05) is 6.54 Å². The zero-order valence-corrected chi connectivity index (χ0v) is 6.17. The van der Waals surface area contributed by atoms with Crippen LogP contribution in [0, 0.1) is 0 Å². The fourth-order valence-corrected chi connectivity index (χ4v) is 1.00. The van der Waals surface area contributed by atoms with Crippen LogP contribution in [0.4, 0.5) is 0 Å². The molecule has 0 amide bonds. The minimum atomic E-state index is 0.447. The molecule has 1 rings (SSSR count). The monoisotopic (exact) mass is 139 g/mol. The van der Waals surface area contributed by atoms with Crippen molar-refractivity contribution >= 4 is 0 Å². The molecule has 0 aliphatic heterocycles. The summed E-state index contributed by atoms with van der Waals surface area (Å²) in [6.07, 6.45) is 4.59. The highest BCUT2D eigenvalue weighted by molar-refractivity contribution is 5.03. The first-order chi connectivity index (χ1) is 4.88. The van der Waals surface area contributed by atoms with Crippen LogP contribution in [-0.4, -0.2) is 16.5 Å². The molecule has 1 aromatic heterocycles. The van der Waals surface area contributed by atoms with Gasteiger partial charge in [-0.1, -0.05) is 6.92 Å². The van der Waals surface area contributed by atoms with Crippen LogP contribution in [0.1, 0.15) is 25.0 Å². The summed E-state index contributed by atoms with van der Waals surface area (Å²) in [4.78, 5) is 6.98. The molecule has 0 aliphatic rings. The van der Waals surface area contributed by atoms with E-state index in [-0.39, 0.29) is 0 Å². The number of nitrogens with two attached hydrogens (primary N) is 1. The summed E-state index contributed by atoms with van der Waals surface area (Å²) in [5, 5.41) is 0. The number of nitrogens with zero attached hydrogens (tertiary/aromatic N) is 1. The Balaban J connectivity index is 2.64. The summed E-state index contributed by atoms with van der Waals surface area (Å²) in [6, 6.07) is 0. The maximum Gasteiger partial charge on any atom is 0.0921 e. The van der Waals surface area contributed by atoms with Gasteiger partial charge in [-0.15, -0.1) is 0 Å². The SMILES string of the molecule is CCC(CN)c1cnc[nH]1. The van der Waals surface area contributed by atoms with Gasteiger partial charge in [0.2, 0.25) is 0 Å². The van der Waals surface area contributed by atoms with E-state index in [1.165, 1.54) is 0 Å². The van der Waals surface area contributed by atoms with E-state index in [2.05, 4.69) is 16.9 Å². The van der Waals surface area contributed by atoms with E-state index in [9.17, 15) is 0 Å². The van der Waals surface area contributed by atoms with Crippen molar-refractivity contribution in [3.05, 3.63) is 18.2 Å².